The molecule has 1 fully saturated rings. The second kappa shape index (κ2) is 13.8. The van der Waals surface area contributed by atoms with Crippen LogP contribution < -0.4 is 22.1 Å². The van der Waals surface area contributed by atoms with Crippen LogP contribution in [0.15, 0.2) is 30.3 Å². The first-order chi connectivity index (χ1) is 16.6. The van der Waals surface area contributed by atoms with E-state index in [4.69, 9.17) is 11.5 Å². The number of likely N-dealkylation sites (tertiary alicyclic amines) is 1. The minimum atomic E-state index is -1.52. The highest BCUT2D eigenvalue weighted by Crippen LogP contribution is 2.20. The number of aliphatic hydroxyl groups is 1. The summed E-state index contributed by atoms with van der Waals surface area (Å²) in [5.74, 6) is -2.95. The molecule has 8 N–H and O–H groups in total. The van der Waals surface area contributed by atoms with Crippen molar-refractivity contribution in [2.75, 3.05) is 13.1 Å². The van der Waals surface area contributed by atoms with Crippen molar-refractivity contribution in [1.29, 1.82) is 0 Å². The Balaban J connectivity index is 2.08. The van der Waals surface area contributed by atoms with Gasteiger partial charge in [-0.2, -0.15) is 0 Å². The maximum atomic E-state index is 13.1. The van der Waals surface area contributed by atoms with Gasteiger partial charge < -0.3 is 37.2 Å². The van der Waals surface area contributed by atoms with Crippen LogP contribution in [0.3, 0.4) is 0 Å². The fraction of sp³-hybridized carbons (Fsp3) is 0.583. The standard InChI is InChI=1S/C24H37N5O6/c1-15(30)20(24(34)35)28-21(31)18(10-5-6-12-25)27-22(32)19-11-7-13-29(19)23(33)17(26)14-16-8-3-2-4-9-16/h2-4,8-9,15,17-20,30H,5-7,10-14,25-26H2,1H3,(H,27,32)(H,28,31)(H,34,35). The Morgan fingerprint density at radius 2 is 1.83 bits per heavy atom. The summed E-state index contributed by atoms with van der Waals surface area (Å²) in [6, 6.07) is 5.21. The zero-order valence-electron chi connectivity index (χ0n) is 20.1. The van der Waals surface area contributed by atoms with E-state index in [1.807, 2.05) is 30.3 Å². The van der Waals surface area contributed by atoms with Crippen LogP contribution in [0.1, 0.15) is 44.6 Å². The lowest BCUT2D eigenvalue weighted by Gasteiger charge is -2.29. The van der Waals surface area contributed by atoms with Crippen LogP contribution in [0, 0.1) is 0 Å². The minimum absolute atomic E-state index is 0.231. The zero-order chi connectivity index (χ0) is 26.0. The quantitative estimate of drug-likeness (QED) is 0.192. The van der Waals surface area contributed by atoms with Crippen molar-refractivity contribution in [1.82, 2.24) is 15.5 Å². The molecule has 1 aliphatic heterocycles. The van der Waals surface area contributed by atoms with Gasteiger partial charge in [-0.3, -0.25) is 14.4 Å². The van der Waals surface area contributed by atoms with Crippen LogP contribution in [0.2, 0.25) is 0 Å². The van der Waals surface area contributed by atoms with Crippen molar-refractivity contribution in [2.24, 2.45) is 11.5 Å². The molecule has 3 amide bonds. The van der Waals surface area contributed by atoms with E-state index in [9.17, 15) is 29.4 Å². The largest absolute Gasteiger partial charge is 0.480 e. The first kappa shape index (κ1) is 28.2. The molecule has 0 bridgehead atoms. The van der Waals surface area contributed by atoms with Gasteiger partial charge in [0.25, 0.3) is 0 Å². The molecule has 1 aliphatic rings. The van der Waals surface area contributed by atoms with Gasteiger partial charge in [-0.1, -0.05) is 30.3 Å². The molecule has 0 saturated carbocycles. The molecule has 0 radical (unpaired) electrons. The molecule has 0 aromatic heterocycles. The highest BCUT2D eigenvalue weighted by Gasteiger charge is 2.38. The number of aliphatic hydroxyl groups excluding tert-OH is 1. The molecule has 5 unspecified atom stereocenters. The average Bonchev–Trinajstić information content (AvgIpc) is 3.31. The van der Waals surface area contributed by atoms with E-state index in [1.54, 1.807) is 0 Å². The zero-order valence-corrected chi connectivity index (χ0v) is 20.1. The number of nitrogens with zero attached hydrogens (tertiary/aromatic N) is 1. The number of carbonyl (C=O) groups excluding carboxylic acids is 3. The Morgan fingerprint density at radius 3 is 2.43 bits per heavy atom. The normalized spacial score (nSPS) is 18.9. The average molecular weight is 492 g/mol. The smallest absolute Gasteiger partial charge is 0.328 e. The molecule has 11 heteroatoms. The van der Waals surface area contributed by atoms with E-state index in [1.165, 1.54) is 11.8 Å². The van der Waals surface area contributed by atoms with Gasteiger partial charge in [-0.15, -0.1) is 0 Å². The SMILES string of the molecule is CC(O)C(NC(=O)C(CCCCN)NC(=O)C1CCCN1C(=O)C(N)Cc1ccccc1)C(=O)O. The van der Waals surface area contributed by atoms with Crippen LogP contribution in [0.25, 0.3) is 0 Å². The van der Waals surface area contributed by atoms with Crippen molar-refractivity contribution in [2.45, 2.75) is 75.7 Å². The molecule has 0 aliphatic carbocycles. The maximum absolute atomic E-state index is 13.1. The van der Waals surface area contributed by atoms with E-state index >= 15 is 0 Å². The van der Waals surface area contributed by atoms with Crippen LogP contribution >= 0.6 is 0 Å². The monoisotopic (exact) mass is 491 g/mol. The van der Waals surface area contributed by atoms with E-state index in [0.717, 1.165) is 5.56 Å². The summed E-state index contributed by atoms with van der Waals surface area (Å²) in [4.78, 5) is 51.8. The van der Waals surface area contributed by atoms with Crippen LogP contribution in [0.5, 0.6) is 0 Å². The van der Waals surface area contributed by atoms with Crippen LogP contribution in [0.4, 0.5) is 0 Å². The highest BCUT2D eigenvalue weighted by atomic mass is 16.4. The third-order valence-electron chi connectivity index (χ3n) is 6.08. The van der Waals surface area contributed by atoms with E-state index in [0.29, 0.717) is 45.2 Å². The predicted molar refractivity (Wildman–Crippen MR) is 129 cm³/mol. The lowest BCUT2D eigenvalue weighted by Crippen LogP contribution is -2.58. The third kappa shape index (κ3) is 8.30. The van der Waals surface area contributed by atoms with Gasteiger partial charge >= 0.3 is 5.97 Å². The van der Waals surface area contributed by atoms with E-state index in [-0.39, 0.29) is 12.3 Å². The number of benzene rings is 1. The minimum Gasteiger partial charge on any atom is -0.480 e. The molecular weight excluding hydrogens is 454 g/mol. The van der Waals surface area contributed by atoms with Gasteiger partial charge in [-0.05, 0) is 57.6 Å². The van der Waals surface area contributed by atoms with Crippen molar-refractivity contribution in [3.8, 4) is 0 Å². The molecule has 1 heterocycles. The summed E-state index contributed by atoms with van der Waals surface area (Å²) in [7, 11) is 0. The summed E-state index contributed by atoms with van der Waals surface area (Å²) in [5.41, 5.74) is 12.6. The van der Waals surface area contributed by atoms with Crippen LogP contribution in [-0.4, -0.2) is 82.2 Å². The van der Waals surface area contributed by atoms with Crippen molar-refractivity contribution >= 4 is 23.7 Å². The Morgan fingerprint density at radius 1 is 1.14 bits per heavy atom. The number of aliphatic carboxylic acids is 1. The summed E-state index contributed by atoms with van der Waals surface area (Å²) in [6.07, 6.45) is 1.43. The predicted octanol–water partition coefficient (Wildman–Crippen LogP) is -0.889. The number of carboxylic acid groups (broad SMARTS) is 1. The van der Waals surface area contributed by atoms with Gasteiger partial charge in [0, 0.05) is 6.54 Å². The topological polar surface area (TPSA) is 188 Å². The molecular formula is C24H37N5O6. The lowest BCUT2D eigenvalue weighted by atomic mass is 10.0. The van der Waals surface area contributed by atoms with E-state index < -0.39 is 48.1 Å². The number of nitrogens with one attached hydrogen (secondary N) is 2. The fourth-order valence-electron chi connectivity index (χ4n) is 4.14. The molecule has 1 saturated heterocycles. The first-order valence-corrected chi connectivity index (χ1v) is 12.0. The number of carboxylic acids is 1. The first-order valence-electron chi connectivity index (χ1n) is 12.0. The van der Waals surface area contributed by atoms with Crippen molar-refractivity contribution in [3.05, 3.63) is 35.9 Å². The Labute approximate surface area is 205 Å². The van der Waals surface area contributed by atoms with Gasteiger partial charge in [0.1, 0.15) is 12.1 Å². The van der Waals surface area contributed by atoms with Crippen molar-refractivity contribution in [3.63, 3.8) is 0 Å². The molecule has 1 aromatic rings. The lowest BCUT2D eigenvalue weighted by molar-refractivity contribution is -0.145. The fourth-order valence-corrected chi connectivity index (χ4v) is 4.14. The molecule has 0 spiro atoms. The number of nitrogens with two attached hydrogens (primary N) is 2. The number of rotatable bonds is 13. The van der Waals surface area contributed by atoms with Crippen molar-refractivity contribution < 1.29 is 29.4 Å². The highest BCUT2D eigenvalue weighted by molar-refractivity contribution is 5.94. The molecule has 11 nitrogen and oxygen atoms in total. The molecule has 5 atom stereocenters. The van der Waals surface area contributed by atoms with Gasteiger partial charge in [0.05, 0.1) is 12.1 Å². The number of amides is 3. The van der Waals surface area contributed by atoms with E-state index in [2.05, 4.69) is 10.6 Å². The van der Waals surface area contributed by atoms with Gasteiger partial charge in [0.2, 0.25) is 17.7 Å². The Bertz CT molecular complexity index is 865. The molecule has 35 heavy (non-hydrogen) atoms. The number of carbonyl (C=O) groups is 4. The number of hydrogen-bond donors (Lipinski definition) is 6. The van der Waals surface area contributed by atoms with Gasteiger partial charge in [-0.25, -0.2) is 4.79 Å². The second-order valence-corrected chi connectivity index (χ2v) is 8.90. The molecule has 194 valence electrons. The van der Waals surface area contributed by atoms with Crippen LogP contribution in [-0.2, 0) is 25.6 Å². The summed E-state index contributed by atoms with van der Waals surface area (Å²) < 4.78 is 0. The van der Waals surface area contributed by atoms with Gasteiger partial charge in [0.15, 0.2) is 6.04 Å². The number of hydrogen-bond acceptors (Lipinski definition) is 7. The Kier molecular flexibility index (Phi) is 11.1. The Hall–Kier alpha value is -3.02. The summed E-state index contributed by atoms with van der Waals surface area (Å²) in [6.45, 7) is 2.03. The number of unbranched alkanes of at least 4 members (excludes halogenated alkanes) is 1. The summed E-state index contributed by atoms with van der Waals surface area (Å²) >= 11 is 0. The summed E-state index contributed by atoms with van der Waals surface area (Å²) in [5, 5.41) is 23.9. The second-order valence-electron chi connectivity index (χ2n) is 8.90. The molecule has 1 aromatic carbocycles. The maximum Gasteiger partial charge on any atom is 0.328 e. The third-order valence-corrected chi connectivity index (χ3v) is 6.08. The molecule has 2 rings (SSSR count).